The highest BCUT2D eigenvalue weighted by Gasteiger charge is 2.07. The fourth-order valence-electron chi connectivity index (χ4n) is 2.30. The molecule has 2 aromatic carbocycles. The summed E-state index contributed by atoms with van der Waals surface area (Å²) in [5.74, 6) is -0.594. The minimum atomic E-state index is -0.454. The van der Waals surface area contributed by atoms with Gasteiger partial charge in [0.25, 0.3) is 0 Å². The smallest absolute Gasteiger partial charge is 0.227 e. The molecule has 6 heteroatoms. The first-order valence-electron chi connectivity index (χ1n) is 8.49. The third-order valence-electron chi connectivity index (χ3n) is 3.48. The molecule has 0 aromatic heterocycles. The Labute approximate surface area is 152 Å². The van der Waals surface area contributed by atoms with Gasteiger partial charge in [-0.25, -0.2) is 4.39 Å². The molecular weight excluding hydrogens is 335 g/mol. The molecule has 0 saturated carbocycles. The van der Waals surface area contributed by atoms with E-state index < -0.39 is 5.82 Å². The number of nitrogens with one attached hydrogen (secondary N) is 2. The van der Waals surface area contributed by atoms with Gasteiger partial charge in [0.1, 0.15) is 0 Å². The first-order chi connectivity index (χ1) is 12.4. The van der Waals surface area contributed by atoms with Gasteiger partial charge in [0.05, 0.1) is 19.4 Å². The maximum absolute atomic E-state index is 13.4. The van der Waals surface area contributed by atoms with Crippen LogP contribution in [0.2, 0.25) is 0 Å². The Hall–Kier alpha value is -2.89. The van der Waals surface area contributed by atoms with Crippen molar-refractivity contribution in [3.8, 4) is 5.75 Å². The molecule has 2 amide bonds. The third kappa shape index (κ3) is 6.55. The molecule has 0 aliphatic heterocycles. The zero-order valence-electron chi connectivity index (χ0n) is 14.9. The molecule has 2 N–H and O–H groups in total. The van der Waals surface area contributed by atoms with Gasteiger partial charge in [0.2, 0.25) is 11.8 Å². The number of para-hydroxylation sites is 1. The molecule has 0 bridgehead atoms. The lowest BCUT2D eigenvalue weighted by Crippen LogP contribution is -2.31. The quantitative estimate of drug-likeness (QED) is 0.761. The average molecular weight is 358 g/mol. The number of amides is 2. The number of ether oxygens (including phenoxy) is 1. The van der Waals surface area contributed by atoms with Crippen LogP contribution in [0.4, 0.5) is 10.1 Å². The van der Waals surface area contributed by atoms with Crippen LogP contribution >= 0.6 is 0 Å². The van der Waals surface area contributed by atoms with Gasteiger partial charge in [0.15, 0.2) is 11.6 Å². The van der Waals surface area contributed by atoms with Gasteiger partial charge in [-0.15, -0.1) is 0 Å². The zero-order chi connectivity index (χ0) is 18.9. The van der Waals surface area contributed by atoms with Gasteiger partial charge in [0, 0.05) is 11.7 Å². The molecule has 5 nitrogen and oxygen atoms in total. The maximum atomic E-state index is 13.4. The third-order valence-corrected chi connectivity index (χ3v) is 3.48. The average Bonchev–Trinajstić information content (AvgIpc) is 2.57. The lowest BCUT2D eigenvalue weighted by Gasteiger charge is -2.10. The summed E-state index contributed by atoms with van der Waals surface area (Å²) in [5.41, 5.74) is 1.50. The summed E-state index contributed by atoms with van der Waals surface area (Å²) >= 11 is 0. The van der Waals surface area contributed by atoms with Crippen LogP contribution in [0.3, 0.4) is 0 Å². The number of anilines is 1. The summed E-state index contributed by atoms with van der Waals surface area (Å²) in [7, 11) is 0. The van der Waals surface area contributed by atoms with Crippen molar-refractivity contribution in [2.24, 2.45) is 0 Å². The summed E-state index contributed by atoms with van der Waals surface area (Å²) in [6.07, 6.45) is 0.399. The monoisotopic (exact) mass is 358 g/mol. The van der Waals surface area contributed by atoms with Crippen molar-refractivity contribution in [1.82, 2.24) is 5.32 Å². The van der Waals surface area contributed by atoms with E-state index in [2.05, 4.69) is 10.6 Å². The van der Waals surface area contributed by atoms with E-state index in [4.69, 9.17) is 4.74 Å². The lowest BCUT2D eigenvalue weighted by molar-refractivity contribution is -0.121. The predicted octanol–water partition coefficient (Wildman–Crippen LogP) is 3.30. The van der Waals surface area contributed by atoms with Crippen molar-refractivity contribution < 1.29 is 18.7 Å². The van der Waals surface area contributed by atoms with Gasteiger partial charge in [-0.05, 0) is 43.7 Å². The molecule has 0 spiro atoms. The van der Waals surface area contributed by atoms with Crippen LogP contribution in [-0.4, -0.2) is 24.5 Å². The van der Waals surface area contributed by atoms with Gasteiger partial charge < -0.3 is 15.4 Å². The minimum Gasteiger partial charge on any atom is -0.490 e. The van der Waals surface area contributed by atoms with E-state index in [0.717, 1.165) is 5.56 Å². The number of benzene rings is 2. The predicted molar refractivity (Wildman–Crippen MR) is 98.6 cm³/mol. The van der Waals surface area contributed by atoms with Crippen LogP contribution in [0, 0.1) is 5.82 Å². The van der Waals surface area contributed by atoms with E-state index >= 15 is 0 Å². The number of carbonyl (C=O) groups excluding carboxylic acids is 2. The second-order valence-electron chi connectivity index (χ2n) is 6.17. The van der Waals surface area contributed by atoms with Crippen LogP contribution in [0.25, 0.3) is 0 Å². The van der Waals surface area contributed by atoms with E-state index in [9.17, 15) is 14.0 Å². The highest BCUT2D eigenvalue weighted by atomic mass is 19.1. The van der Waals surface area contributed by atoms with Gasteiger partial charge in [-0.1, -0.05) is 24.3 Å². The van der Waals surface area contributed by atoms with Crippen molar-refractivity contribution in [1.29, 1.82) is 0 Å². The second kappa shape index (κ2) is 9.56. The Morgan fingerprint density at radius 2 is 1.73 bits per heavy atom. The standard InChI is InChI=1S/C20H23FN2O3/c1-14(2)22-20(25)13-15-7-9-16(10-8-15)23-19(24)11-12-26-18-6-4-3-5-17(18)21/h3-10,14H,11-13H2,1-2H3,(H,22,25)(H,23,24). The SMILES string of the molecule is CC(C)NC(=O)Cc1ccc(NC(=O)CCOc2ccccc2F)cc1. The number of hydrogen-bond acceptors (Lipinski definition) is 3. The van der Waals surface area contributed by atoms with Crippen molar-refractivity contribution in [3.05, 3.63) is 59.9 Å². The zero-order valence-corrected chi connectivity index (χ0v) is 14.9. The molecule has 0 heterocycles. The van der Waals surface area contributed by atoms with E-state index in [1.54, 1.807) is 36.4 Å². The fourth-order valence-corrected chi connectivity index (χ4v) is 2.30. The first-order valence-corrected chi connectivity index (χ1v) is 8.49. The van der Waals surface area contributed by atoms with E-state index in [-0.39, 0.29) is 36.6 Å². The molecule has 0 aliphatic rings. The number of rotatable bonds is 8. The molecule has 0 radical (unpaired) electrons. The first kappa shape index (κ1) is 19.4. The molecule has 2 rings (SSSR count). The summed E-state index contributed by atoms with van der Waals surface area (Å²) < 4.78 is 18.7. The molecule has 0 aliphatic carbocycles. The maximum Gasteiger partial charge on any atom is 0.227 e. The summed E-state index contributed by atoms with van der Waals surface area (Å²) in [4.78, 5) is 23.6. The van der Waals surface area contributed by atoms with Crippen LogP contribution in [0.1, 0.15) is 25.8 Å². The summed E-state index contributed by atoms with van der Waals surface area (Å²) in [6.45, 7) is 3.90. The minimum absolute atomic E-state index is 0.0397. The van der Waals surface area contributed by atoms with E-state index in [0.29, 0.717) is 12.1 Å². The van der Waals surface area contributed by atoms with Crippen molar-refractivity contribution in [2.45, 2.75) is 32.7 Å². The van der Waals surface area contributed by atoms with Crippen LogP contribution in [-0.2, 0) is 16.0 Å². The highest BCUT2D eigenvalue weighted by Crippen LogP contribution is 2.15. The molecule has 2 aromatic rings. The molecule has 0 fully saturated rings. The number of hydrogen-bond donors (Lipinski definition) is 2. The van der Waals surface area contributed by atoms with Crippen LogP contribution < -0.4 is 15.4 Å². The van der Waals surface area contributed by atoms with Gasteiger partial charge in [-0.2, -0.15) is 0 Å². The van der Waals surface area contributed by atoms with Gasteiger partial charge >= 0.3 is 0 Å². The molecular formula is C20H23FN2O3. The molecule has 0 unspecified atom stereocenters. The largest absolute Gasteiger partial charge is 0.490 e. The topological polar surface area (TPSA) is 67.4 Å². The van der Waals surface area contributed by atoms with Crippen LogP contribution in [0.5, 0.6) is 5.75 Å². The van der Waals surface area contributed by atoms with E-state index in [1.165, 1.54) is 12.1 Å². The lowest BCUT2D eigenvalue weighted by atomic mass is 10.1. The second-order valence-corrected chi connectivity index (χ2v) is 6.17. The summed E-state index contributed by atoms with van der Waals surface area (Å²) in [6, 6.07) is 13.2. The Morgan fingerprint density at radius 3 is 2.38 bits per heavy atom. The molecule has 0 saturated heterocycles. The Balaban J connectivity index is 1.76. The number of halogens is 1. The van der Waals surface area contributed by atoms with Crippen molar-refractivity contribution in [3.63, 3.8) is 0 Å². The molecule has 138 valence electrons. The normalized spacial score (nSPS) is 10.5. The Morgan fingerprint density at radius 1 is 1.04 bits per heavy atom. The van der Waals surface area contributed by atoms with Gasteiger partial charge in [-0.3, -0.25) is 9.59 Å². The highest BCUT2D eigenvalue weighted by molar-refractivity contribution is 5.90. The molecule has 26 heavy (non-hydrogen) atoms. The fraction of sp³-hybridized carbons (Fsp3) is 0.300. The number of carbonyl (C=O) groups is 2. The molecule has 0 atom stereocenters. The Bertz CT molecular complexity index is 745. The van der Waals surface area contributed by atoms with Crippen molar-refractivity contribution >= 4 is 17.5 Å². The Kier molecular flexibility index (Phi) is 7.14. The summed E-state index contributed by atoms with van der Waals surface area (Å²) in [5, 5.41) is 5.57. The van der Waals surface area contributed by atoms with Crippen molar-refractivity contribution in [2.75, 3.05) is 11.9 Å². The van der Waals surface area contributed by atoms with Crippen LogP contribution in [0.15, 0.2) is 48.5 Å². The van der Waals surface area contributed by atoms with E-state index in [1.807, 2.05) is 13.8 Å².